The minimum atomic E-state index is -3.20. The molecule has 190 valence electrons. The van der Waals surface area contributed by atoms with Crippen molar-refractivity contribution < 1.29 is 18.0 Å². The molecular formula is C25H17Cl4N3O4S. The Bertz CT molecular complexity index is 1650. The number of nitrogens with zero attached hydrogens (tertiary/aromatic N) is 1. The number of aromatic nitrogens is 1. The molecule has 0 spiro atoms. The van der Waals surface area contributed by atoms with Crippen LogP contribution in [0.1, 0.15) is 32.3 Å². The van der Waals surface area contributed by atoms with E-state index in [9.17, 15) is 18.0 Å². The van der Waals surface area contributed by atoms with Crippen LogP contribution >= 0.6 is 46.4 Å². The molecule has 12 heteroatoms. The molecule has 4 aromatic rings. The zero-order chi connectivity index (χ0) is 27.1. The topological polar surface area (TPSA) is 119 Å². The van der Waals surface area contributed by atoms with Gasteiger partial charge in [0.2, 0.25) is 10.0 Å². The molecule has 0 bridgehead atoms. The van der Waals surface area contributed by atoms with Gasteiger partial charge in [-0.15, -0.1) is 0 Å². The number of Topliss-reactive ketones (excluding diaryl/α,β-unsaturated/α-hetero) is 2. The second-order valence-electron chi connectivity index (χ2n) is 8.10. The Kier molecular flexibility index (Phi) is 7.69. The van der Waals surface area contributed by atoms with Gasteiger partial charge in [-0.3, -0.25) is 19.3 Å². The summed E-state index contributed by atoms with van der Waals surface area (Å²) in [5.74, 6) is -2.06. The smallest absolute Gasteiger partial charge is 0.229 e. The van der Waals surface area contributed by atoms with Crippen molar-refractivity contribution in [3.8, 4) is 0 Å². The lowest BCUT2D eigenvalue weighted by molar-refractivity contribution is 0.0888. The number of sulfonamides is 1. The zero-order valence-corrected chi connectivity index (χ0v) is 22.8. The Morgan fingerprint density at radius 3 is 1.97 bits per heavy atom. The Morgan fingerprint density at radius 1 is 0.811 bits per heavy atom. The predicted octanol–water partition coefficient (Wildman–Crippen LogP) is 6.65. The molecule has 0 atom stereocenters. The monoisotopic (exact) mass is 595 g/mol. The van der Waals surface area contributed by atoms with Gasteiger partial charge in [-0.1, -0.05) is 76.7 Å². The first kappa shape index (κ1) is 27.2. The molecule has 1 aliphatic carbocycles. The largest absolute Gasteiger partial charge is 0.399 e. The van der Waals surface area contributed by atoms with E-state index in [-0.39, 0.29) is 31.2 Å². The molecule has 5 rings (SSSR count). The van der Waals surface area contributed by atoms with Crippen molar-refractivity contribution in [1.29, 1.82) is 0 Å². The van der Waals surface area contributed by atoms with Crippen LogP contribution in [0, 0.1) is 0 Å². The summed E-state index contributed by atoms with van der Waals surface area (Å²) in [6, 6.07) is 17.4. The standard InChI is InChI=1S/C18H7Cl4NO2.C7H10N2O2S/c19-13-11-12(14(20)16(22)15(13)21)18(25)10(17(11)24)9-6-5-7-3-1-2-4-8(7)23-9;1-12(10,11)9-7-4-2-3-6(8)5-7/h1-6,10H;2-5,9H,8H2,1H3. The quantitative estimate of drug-likeness (QED) is 0.118. The number of anilines is 2. The fourth-order valence-electron chi connectivity index (χ4n) is 3.83. The number of hydrogen-bond acceptors (Lipinski definition) is 6. The van der Waals surface area contributed by atoms with E-state index in [4.69, 9.17) is 52.1 Å². The van der Waals surface area contributed by atoms with Crippen LogP contribution in [-0.2, 0) is 10.0 Å². The van der Waals surface area contributed by atoms with Crippen molar-refractivity contribution in [3.63, 3.8) is 0 Å². The van der Waals surface area contributed by atoms with Gasteiger partial charge < -0.3 is 5.73 Å². The van der Waals surface area contributed by atoms with Crippen molar-refractivity contribution in [2.45, 2.75) is 5.92 Å². The molecular weight excluding hydrogens is 580 g/mol. The van der Waals surface area contributed by atoms with E-state index in [1.807, 2.05) is 30.3 Å². The number of carbonyl (C=O) groups excluding carboxylic acids is 2. The summed E-state index contributed by atoms with van der Waals surface area (Å²) in [6.07, 6.45) is 1.09. The highest BCUT2D eigenvalue weighted by Crippen LogP contribution is 2.47. The molecule has 3 N–H and O–H groups in total. The Hall–Kier alpha value is -2.88. The molecule has 0 amide bonds. The number of halogens is 4. The summed E-state index contributed by atoms with van der Waals surface area (Å²) in [5, 5.41) is 0.699. The number of benzene rings is 3. The number of nitrogens with one attached hydrogen (secondary N) is 1. The van der Waals surface area contributed by atoms with E-state index in [1.165, 1.54) is 0 Å². The number of carbonyl (C=O) groups is 2. The van der Waals surface area contributed by atoms with Crippen molar-refractivity contribution in [2.75, 3.05) is 16.7 Å². The van der Waals surface area contributed by atoms with E-state index >= 15 is 0 Å². The first-order valence-corrected chi connectivity index (χ1v) is 13.9. The lowest BCUT2D eigenvalue weighted by atomic mass is 9.98. The Morgan fingerprint density at radius 2 is 1.41 bits per heavy atom. The van der Waals surface area contributed by atoms with E-state index in [2.05, 4.69) is 9.71 Å². The highest BCUT2D eigenvalue weighted by Gasteiger charge is 2.45. The van der Waals surface area contributed by atoms with Crippen LogP contribution in [0.3, 0.4) is 0 Å². The fraction of sp³-hybridized carbons (Fsp3) is 0.0800. The molecule has 0 saturated heterocycles. The highest BCUT2D eigenvalue weighted by atomic mass is 35.5. The second kappa shape index (κ2) is 10.5. The number of hydrogen-bond donors (Lipinski definition) is 2. The summed E-state index contributed by atoms with van der Waals surface area (Å²) >= 11 is 24.4. The number of nitrogens with two attached hydrogens (primary N) is 1. The van der Waals surface area contributed by atoms with Crippen LogP contribution in [0.25, 0.3) is 10.9 Å². The van der Waals surface area contributed by atoms with Gasteiger partial charge in [0.25, 0.3) is 0 Å². The van der Waals surface area contributed by atoms with Crippen LogP contribution in [0.5, 0.6) is 0 Å². The van der Waals surface area contributed by atoms with Crippen molar-refractivity contribution in [2.24, 2.45) is 0 Å². The van der Waals surface area contributed by atoms with Crippen LogP contribution in [-0.4, -0.2) is 31.2 Å². The van der Waals surface area contributed by atoms with E-state index in [0.717, 1.165) is 11.6 Å². The maximum absolute atomic E-state index is 12.9. The van der Waals surface area contributed by atoms with Gasteiger partial charge in [-0.25, -0.2) is 8.42 Å². The average molecular weight is 597 g/mol. The SMILES string of the molecule is CS(=O)(=O)Nc1cccc(N)c1.O=C1c2c(Cl)c(Cl)c(Cl)c(Cl)c2C(=O)C1c1ccc2ccccc2n1. The van der Waals surface area contributed by atoms with Gasteiger partial charge in [-0.05, 0) is 30.3 Å². The molecule has 1 heterocycles. The van der Waals surface area contributed by atoms with Crippen molar-refractivity contribution in [1.82, 2.24) is 4.98 Å². The molecule has 0 radical (unpaired) electrons. The van der Waals surface area contributed by atoms with Crippen LogP contribution in [0.2, 0.25) is 20.1 Å². The number of rotatable bonds is 3. The van der Waals surface area contributed by atoms with Gasteiger partial charge in [0.1, 0.15) is 5.92 Å². The summed E-state index contributed by atoms with van der Waals surface area (Å²) in [4.78, 5) is 30.2. The Labute approximate surface area is 232 Å². The molecule has 3 aromatic carbocycles. The first-order chi connectivity index (χ1) is 17.4. The van der Waals surface area contributed by atoms with Crippen LogP contribution in [0.15, 0.2) is 60.7 Å². The first-order valence-electron chi connectivity index (χ1n) is 10.5. The summed E-state index contributed by atoms with van der Waals surface area (Å²) in [6.45, 7) is 0. The lowest BCUT2D eigenvalue weighted by Crippen LogP contribution is -2.14. The molecule has 0 unspecified atom stereocenters. The molecule has 1 aromatic heterocycles. The van der Waals surface area contributed by atoms with Crippen LogP contribution < -0.4 is 10.5 Å². The number of nitrogen functional groups attached to an aromatic ring is 1. The molecule has 0 aliphatic heterocycles. The molecule has 1 aliphatic rings. The van der Waals surface area contributed by atoms with E-state index < -0.39 is 27.5 Å². The third-order valence-corrected chi connectivity index (χ3v) is 7.80. The van der Waals surface area contributed by atoms with Gasteiger partial charge in [-0.2, -0.15) is 0 Å². The minimum absolute atomic E-state index is 0.00558. The van der Waals surface area contributed by atoms with Gasteiger partial charge in [0, 0.05) is 11.1 Å². The van der Waals surface area contributed by atoms with Crippen molar-refractivity contribution in [3.05, 3.63) is 97.6 Å². The molecule has 0 saturated carbocycles. The second-order valence-corrected chi connectivity index (χ2v) is 11.4. The average Bonchev–Trinajstić information content (AvgIpc) is 3.10. The Balaban J connectivity index is 0.000000225. The maximum atomic E-state index is 12.9. The van der Waals surface area contributed by atoms with Gasteiger partial charge >= 0.3 is 0 Å². The third kappa shape index (κ3) is 5.54. The number of pyridine rings is 1. The van der Waals surface area contributed by atoms with Crippen molar-refractivity contribution >= 4 is 90.3 Å². The maximum Gasteiger partial charge on any atom is 0.229 e. The zero-order valence-electron chi connectivity index (χ0n) is 18.9. The molecule has 0 fully saturated rings. The lowest BCUT2D eigenvalue weighted by Gasteiger charge is -2.07. The van der Waals surface area contributed by atoms with E-state index in [1.54, 1.807) is 30.3 Å². The summed E-state index contributed by atoms with van der Waals surface area (Å²) in [5.41, 5.74) is 7.49. The van der Waals surface area contributed by atoms with Crippen LogP contribution in [0.4, 0.5) is 11.4 Å². The molecule has 37 heavy (non-hydrogen) atoms. The minimum Gasteiger partial charge on any atom is -0.399 e. The number of fused-ring (bicyclic) bond motifs is 2. The summed E-state index contributed by atoms with van der Waals surface area (Å²) in [7, 11) is -3.20. The normalized spacial score (nSPS) is 13.3. The number of ketones is 2. The fourth-order valence-corrected chi connectivity index (χ4v) is 5.42. The molecule has 7 nitrogen and oxygen atoms in total. The third-order valence-electron chi connectivity index (χ3n) is 5.39. The van der Waals surface area contributed by atoms with E-state index in [0.29, 0.717) is 22.6 Å². The predicted molar refractivity (Wildman–Crippen MR) is 149 cm³/mol. The highest BCUT2D eigenvalue weighted by molar-refractivity contribution is 7.92. The number of para-hydroxylation sites is 1. The van der Waals surface area contributed by atoms with Gasteiger partial charge in [0.15, 0.2) is 11.6 Å². The van der Waals surface area contributed by atoms with Gasteiger partial charge in [0.05, 0.1) is 54.4 Å². The summed E-state index contributed by atoms with van der Waals surface area (Å²) < 4.78 is 23.8.